The molecule has 2 heteroatoms. The van der Waals surface area contributed by atoms with Crippen molar-refractivity contribution in [3.8, 4) is 33.4 Å². The maximum absolute atomic E-state index is 5.44. The van der Waals surface area contributed by atoms with Crippen LogP contribution >= 0.6 is 11.3 Å². The molecule has 2 heterocycles. The predicted molar refractivity (Wildman–Crippen MR) is 266 cm³/mol. The van der Waals surface area contributed by atoms with Crippen molar-refractivity contribution in [2.45, 2.75) is 52.4 Å². The molecule has 1 aromatic heterocycles. The molecule has 0 N–H and O–H groups in total. The molecule has 0 bridgehead atoms. The summed E-state index contributed by atoms with van der Waals surface area (Å²) in [6.45, 7) is 6.99. The van der Waals surface area contributed by atoms with E-state index in [1.807, 2.05) is 11.3 Å². The highest BCUT2D eigenvalue weighted by atomic mass is 32.1. The molecule has 11 rings (SSSR count). The summed E-state index contributed by atoms with van der Waals surface area (Å²) < 4.78 is 1.38. The Morgan fingerprint density at radius 3 is 1.81 bits per heavy atom. The van der Waals surface area contributed by atoms with Gasteiger partial charge in [-0.25, -0.2) is 4.99 Å². The quantitative estimate of drug-likeness (QED) is 0.164. The number of benzene rings is 7. The molecule has 0 amide bonds. The molecule has 1 aliphatic heterocycles. The van der Waals surface area contributed by atoms with Gasteiger partial charge >= 0.3 is 0 Å². The first-order valence-electron chi connectivity index (χ1n) is 22.2. The first-order valence-corrected chi connectivity index (χ1v) is 23.1. The third-order valence-electron chi connectivity index (χ3n) is 13.8. The highest BCUT2D eigenvalue weighted by Gasteiger charge is 2.34. The van der Waals surface area contributed by atoms with Crippen LogP contribution in [0.1, 0.15) is 77.8 Å². The summed E-state index contributed by atoms with van der Waals surface area (Å²) in [6, 6.07) is 65.0. The fraction of sp³-hybridized carbons (Fsp3) is 0.150. The van der Waals surface area contributed by atoms with E-state index in [2.05, 4.69) is 203 Å². The summed E-state index contributed by atoms with van der Waals surface area (Å²) >= 11 is 2.02. The summed E-state index contributed by atoms with van der Waals surface area (Å²) in [5, 5.41) is 1.38. The number of aryl methyl sites for hydroxylation is 2. The van der Waals surface area contributed by atoms with E-state index in [-0.39, 0.29) is 5.92 Å². The maximum Gasteiger partial charge on any atom is 0.0712 e. The monoisotopic (exact) mass is 815 g/mol. The van der Waals surface area contributed by atoms with E-state index in [9.17, 15) is 0 Å². The van der Waals surface area contributed by atoms with Crippen molar-refractivity contribution in [3.63, 3.8) is 0 Å². The summed E-state index contributed by atoms with van der Waals surface area (Å²) in [4.78, 5) is 6.98. The molecule has 300 valence electrons. The molecule has 1 nitrogen and oxygen atoms in total. The van der Waals surface area contributed by atoms with E-state index >= 15 is 0 Å². The Bertz CT molecular complexity index is 3120. The molecule has 7 aromatic carbocycles. The lowest BCUT2D eigenvalue weighted by Gasteiger charge is -2.30. The van der Waals surface area contributed by atoms with Crippen molar-refractivity contribution in [2.75, 3.05) is 0 Å². The van der Waals surface area contributed by atoms with Gasteiger partial charge in [-0.1, -0.05) is 176 Å². The van der Waals surface area contributed by atoms with Crippen LogP contribution in [0.25, 0.3) is 60.3 Å². The van der Waals surface area contributed by atoms with Gasteiger partial charge in [-0.3, -0.25) is 0 Å². The second kappa shape index (κ2) is 16.0. The lowest BCUT2D eigenvalue weighted by atomic mass is 9.74. The minimum absolute atomic E-state index is 0.170. The van der Waals surface area contributed by atoms with Crippen LogP contribution in [-0.2, 0) is 12.8 Å². The molecular formula is C60H49NS. The van der Waals surface area contributed by atoms with Gasteiger partial charge in [-0.2, -0.15) is 0 Å². The number of hydrogen-bond acceptors (Lipinski definition) is 2. The SMILES string of the molecule is CC1=C(c2ccccc2)N=C(c2ccc(-c3ccccc3)cc2)C=C(c2ccc(-c3ccc4sc5c(c4c3)-c3ccccc3/C3=C(/C)CCc4ccccc4CCC35)cc2)C1C. The Balaban J connectivity index is 0.967. The molecule has 3 aliphatic rings. The van der Waals surface area contributed by atoms with Crippen LogP contribution < -0.4 is 0 Å². The van der Waals surface area contributed by atoms with Crippen molar-refractivity contribution in [1.29, 1.82) is 0 Å². The molecule has 62 heavy (non-hydrogen) atoms. The van der Waals surface area contributed by atoms with Gasteiger partial charge in [-0.05, 0) is 125 Å². The fourth-order valence-electron chi connectivity index (χ4n) is 10.3. The van der Waals surface area contributed by atoms with Crippen LogP contribution in [0.15, 0.2) is 198 Å². The van der Waals surface area contributed by atoms with Crippen LogP contribution in [-0.4, -0.2) is 5.71 Å². The van der Waals surface area contributed by atoms with E-state index < -0.39 is 0 Å². The number of allylic oxidation sites excluding steroid dienone is 5. The molecule has 0 fully saturated rings. The highest BCUT2D eigenvalue weighted by molar-refractivity contribution is 7.20. The van der Waals surface area contributed by atoms with E-state index in [1.165, 1.54) is 76.9 Å². The van der Waals surface area contributed by atoms with Crippen LogP contribution in [0.5, 0.6) is 0 Å². The summed E-state index contributed by atoms with van der Waals surface area (Å²) in [5.74, 6) is 0.569. The zero-order valence-corrected chi connectivity index (χ0v) is 36.5. The topological polar surface area (TPSA) is 12.4 Å². The highest BCUT2D eigenvalue weighted by Crippen LogP contribution is 2.56. The molecule has 0 radical (unpaired) electrons. The largest absolute Gasteiger partial charge is 0.248 e. The number of hydrogen-bond donors (Lipinski definition) is 0. The van der Waals surface area contributed by atoms with Gasteiger partial charge < -0.3 is 0 Å². The third-order valence-corrected chi connectivity index (χ3v) is 15.1. The predicted octanol–water partition coefficient (Wildman–Crippen LogP) is 16.3. The zero-order valence-electron chi connectivity index (χ0n) is 35.7. The van der Waals surface area contributed by atoms with E-state index in [1.54, 1.807) is 16.0 Å². The molecule has 0 saturated carbocycles. The van der Waals surface area contributed by atoms with Crippen LogP contribution in [0.2, 0.25) is 0 Å². The number of aliphatic imine (C=N–C) groups is 1. The van der Waals surface area contributed by atoms with Gasteiger partial charge in [-0.15, -0.1) is 11.3 Å². The fourth-order valence-corrected chi connectivity index (χ4v) is 11.7. The summed E-state index contributed by atoms with van der Waals surface area (Å²) in [7, 11) is 0. The van der Waals surface area contributed by atoms with Crippen molar-refractivity contribution in [2.24, 2.45) is 10.9 Å². The average molecular weight is 816 g/mol. The molecule has 2 atom stereocenters. The number of fused-ring (bicyclic) bond motifs is 9. The smallest absolute Gasteiger partial charge is 0.0712 e. The minimum atomic E-state index is 0.170. The lowest BCUT2D eigenvalue weighted by Crippen LogP contribution is -2.11. The van der Waals surface area contributed by atoms with Gasteiger partial charge in [0.05, 0.1) is 11.4 Å². The summed E-state index contributed by atoms with van der Waals surface area (Å²) in [6.07, 6.45) is 6.79. The Morgan fingerprint density at radius 1 is 0.516 bits per heavy atom. The first-order chi connectivity index (χ1) is 30.5. The Morgan fingerprint density at radius 2 is 1.08 bits per heavy atom. The minimum Gasteiger partial charge on any atom is -0.248 e. The van der Waals surface area contributed by atoms with E-state index in [4.69, 9.17) is 4.99 Å². The Labute approximate surface area is 370 Å². The van der Waals surface area contributed by atoms with Crippen molar-refractivity contribution in [3.05, 3.63) is 231 Å². The second-order valence-electron chi connectivity index (χ2n) is 17.4. The van der Waals surface area contributed by atoms with Gasteiger partial charge in [0.15, 0.2) is 0 Å². The number of rotatable bonds is 5. The third kappa shape index (κ3) is 6.84. The molecule has 2 unspecified atom stereocenters. The van der Waals surface area contributed by atoms with Crippen molar-refractivity contribution < 1.29 is 0 Å². The van der Waals surface area contributed by atoms with Crippen molar-refractivity contribution >= 4 is 44.0 Å². The Kier molecular flexibility index (Phi) is 9.90. The normalized spacial score (nSPS) is 18.6. The standard InChI is InChI=1S/C60H49NS/c1-38-22-23-42-16-10-11-17-43(42)32-34-52-57(38)50-20-12-13-21-51(50)58-54-36-49(33-35-56(54)62-60(52)58)45-24-28-46(29-25-45)53-37-55(47-30-26-44(27-31-47)41-14-6-4-7-15-41)61-59(40(3)39(53)2)48-18-8-5-9-19-48/h4-21,24-31,33,35-37,39,52H,22-23,32,34H2,1-3H3/b57-38+. The van der Waals surface area contributed by atoms with Crippen LogP contribution in [0.3, 0.4) is 0 Å². The molecule has 2 aliphatic carbocycles. The second-order valence-corrected chi connectivity index (χ2v) is 18.5. The maximum atomic E-state index is 5.44. The molecule has 0 spiro atoms. The van der Waals surface area contributed by atoms with Gasteiger partial charge in [0.1, 0.15) is 0 Å². The Hall–Kier alpha value is -6.61. The molecule has 0 saturated heterocycles. The molecule has 8 aromatic rings. The van der Waals surface area contributed by atoms with Gasteiger partial charge in [0.25, 0.3) is 0 Å². The molecular weight excluding hydrogens is 767 g/mol. The zero-order chi connectivity index (χ0) is 41.7. The van der Waals surface area contributed by atoms with E-state index in [0.717, 1.165) is 48.2 Å². The number of thiophene rings is 1. The average Bonchev–Trinajstić information content (AvgIpc) is 3.69. The van der Waals surface area contributed by atoms with Gasteiger partial charge in [0.2, 0.25) is 0 Å². The van der Waals surface area contributed by atoms with Gasteiger partial charge in [0, 0.05) is 43.5 Å². The van der Waals surface area contributed by atoms with E-state index in [0.29, 0.717) is 5.92 Å². The summed E-state index contributed by atoms with van der Waals surface area (Å²) in [5.41, 5.74) is 23.4. The lowest BCUT2D eigenvalue weighted by molar-refractivity contribution is 0.755. The van der Waals surface area contributed by atoms with Crippen LogP contribution in [0.4, 0.5) is 0 Å². The number of nitrogens with zero attached hydrogens (tertiary/aromatic N) is 1. The van der Waals surface area contributed by atoms with Crippen molar-refractivity contribution in [1.82, 2.24) is 0 Å². The van der Waals surface area contributed by atoms with Crippen LogP contribution in [0, 0.1) is 5.92 Å². The first kappa shape index (κ1) is 38.3.